The lowest BCUT2D eigenvalue weighted by Crippen LogP contribution is -2.68. The molecule has 6 heteroatoms. The number of hydrogen-bond donors (Lipinski definition) is 0. The number of ether oxygens (including phenoxy) is 1. The zero-order valence-corrected chi connectivity index (χ0v) is 13.2. The Hall–Kier alpha value is -1.69. The molecule has 1 unspecified atom stereocenters. The number of hydrogen-bond acceptors (Lipinski definition) is 5. The van der Waals surface area contributed by atoms with Crippen molar-refractivity contribution in [2.45, 2.75) is 44.1 Å². The zero-order chi connectivity index (χ0) is 15.3. The molecule has 22 heavy (non-hydrogen) atoms. The first-order valence-electron chi connectivity index (χ1n) is 8.18. The van der Waals surface area contributed by atoms with Gasteiger partial charge in [-0.05, 0) is 19.3 Å². The van der Waals surface area contributed by atoms with Crippen molar-refractivity contribution >= 4 is 17.4 Å². The van der Waals surface area contributed by atoms with E-state index in [1.807, 2.05) is 20.2 Å². The molecule has 0 spiro atoms. The van der Waals surface area contributed by atoms with Crippen LogP contribution in [0, 0.1) is 0 Å². The minimum atomic E-state index is -0.606. The van der Waals surface area contributed by atoms with Crippen LogP contribution in [0.5, 0.6) is 0 Å². The Morgan fingerprint density at radius 3 is 2.95 bits per heavy atom. The largest absolute Gasteiger partial charge is 0.377 e. The molecule has 0 bridgehead atoms. The van der Waals surface area contributed by atoms with Crippen molar-refractivity contribution in [1.29, 1.82) is 0 Å². The third kappa shape index (κ3) is 1.73. The van der Waals surface area contributed by atoms with E-state index < -0.39 is 5.54 Å². The van der Waals surface area contributed by atoms with Gasteiger partial charge in [-0.15, -0.1) is 0 Å². The molecule has 2 aliphatic heterocycles. The molecule has 2 fully saturated rings. The third-order valence-electron chi connectivity index (χ3n) is 5.46. The van der Waals surface area contributed by atoms with E-state index in [0.717, 1.165) is 23.8 Å². The van der Waals surface area contributed by atoms with E-state index in [-0.39, 0.29) is 5.91 Å². The molecular weight excluding hydrogens is 280 g/mol. The normalized spacial score (nSPS) is 28.2. The van der Waals surface area contributed by atoms with Gasteiger partial charge in [0.2, 0.25) is 0 Å². The monoisotopic (exact) mass is 302 g/mol. The Labute approximate surface area is 130 Å². The fraction of sp³-hybridized carbons (Fsp3) is 0.688. The molecule has 6 nitrogen and oxygen atoms in total. The van der Waals surface area contributed by atoms with E-state index in [1.54, 1.807) is 4.90 Å². The number of morpholine rings is 1. The van der Waals surface area contributed by atoms with E-state index in [0.29, 0.717) is 25.7 Å². The van der Waals surface area contributed by atoms with Gasteiger partial charge in [0.25, 0.3) is 5.91 Å². The molecule has 3 aliphatic rings. The number of likely N-dealkylation sites (N-methyl/N-ethyl adjacent to an activating group) is 1. The lowest BCUT2D eigenvalue weighted by atomic mass is 9.84. The quantitative estimate of drug-likeness (QED) is 0.832. The second kappa shape index (κ2) is 4.91. The first-order chi connectivity index (χ1) is 10.7. The van der Waals surface area contributed by atoms with Crippen LogP contribution in [-0.2, 0) is 9.53 Å². The van der Waals surface area contributed by atoms with Crippen molar-refractivity contribution in [2.75, 3.05) is 36.6 Å². The van der Waals surface area contributed by atoms with Crippen LogP contribution in [0.2, 0.25) is 0 Å². The van der Waals surface area contributed by atoms with E-state index in [1.165, 1.54) is 19.3 Å². The molecular formula is C16H22N4O2. The number of amides is 1. The number of nitrogens with zero attached hydrogens (tertiary/aromatic N) is 4. The van der Waals surface area contributed by atoms with E-state index in [2.05, 4.69) is 9.88 Å². The smallest absolute Gasteiger partial charge is 0.255 e. The molecule has 1 saturated heterocycles. The van der Waals surface area contributed by atoms with E-state index in [4.69, 9.17) is 9.72 Å². The summed E-state index contributed by atoms with van der Waals surface area (Å²) in [5.41, 5.74) is 0.213. The lowest BCUT2D eigenvalue weighted by molar-refractivity contribution is -0.128. The fourth-order valence-electron chi connectivity index (χ4n) is 3.72. The summed E-state index contributed by atoms with van der Waals surface area (Å²) < 4.78 is 5.64. The fourth-order valence-corrected chi connectivity index (χ4v) is 3.72. The van der Waals surface area contributed by atoms with Crippen LogP contribution in [-0.4, -0.2) is 48.2 Å². The van der Waals surface area contributed by atoms with Gasteiger partial charge in [0.1, 0.15) is 17.1 Å². The summed E-state index contributed by atoms with van der Waals surface area (Å²) >= 11 is 0. The first-order valence-corrected chi connectivity index (χ1v) is 8.18. The average Bonchev–Trinajstić information content (AvgIpc) is 2.51. The number of aromatic nitrogens is 2. The van der Waals surface area contributed by atoms with Gasteiger partial charge in [-0.25, -0.2) is 9.97 Å². The summed E-state index contributed by atoms with van der Waals surface area (Å²) in [5, 5.41) is 0. The number of carbonyl (C=O) groups excluding carboxylic acids is 1. The van der Waals surface area contributed by atoms with Crippen molar-refractivity contribution in [3.8, 4) is 0 Å². The van der Waals surface area contributed by atoms with Crippen LogP contribution in [0.4, 0.5) is 11.5 Å². The molecule has 1 aliphatic carbocycles. The molecule has 0 N–H and O–H groups in total. The Kier molecular flexibility index (Phi) is 3.11. The van der Waals surface area contributed by atoms with Gasteiger partial charge >= 0.3 is 0 Å². The standard InChI is InChI=1S/C16H22N4O2/c1-3-16-10-22-8-7-20(16)14-12(19(2)15(16)21)9-17-13(18-14)11-5-4-6-11/h9,11H,3-8,10H2,1-2H3. The summed E-state index contributed by atoms with van der Waals surface area (Å²) in [6.45, 7) is 3.84. The third-order valence-corrected chi connectivity index (χ3v) is 5.46. The maximum Gasteiger partial charge on any atom is 0.255 e. The minimum absolute atomic E-state index is 0.0854. The summed E-state index contributed by atoms with van der Waals surface area (Å²) in [6, 6.07) is 0. The van der Waals surface area contributed by atoms with Crippen LogP contribution < -0.4 is 9.80 Å². The highest BCUT2D eigenvalue weighted by Gasteiger charge is 2.52. The second-order valence-corrected chi connectivity index (χ2v) is 6.52. The molecule has 1 saturated carbocycles. The number of rotatable bonds is 2. The highest BCUT2D eigenvalue weighted by atomic mass is 16.5. The van der Waals surface area contributed by atoms with Crippen LogP contribution in [0.3, 0.4) is 0 Å². The molecule has 0 radical (unpaired) electrons. The zero-order valence-electron chi connectivity index (χ0n) is 13.2. The topological polar surface area (TPSA) is 58.6 Å². The number of anilines is 2. The summed E-state index contributed by atoms with van der Waals surface area (Å²) in [5.74, 6) is 2.42. The molecule has 118 valence electrons. The van der Waals surface area contributed by atoms with Gasteiger partial charge in [-0.1, -0.05) is 13.3 Å². The summed E-state index contributed by atoms with van der Waals surface area (Å²) in [4.78, 5) is 26.2. The van der Waals surface area contributed by atoms with Gasteiger partial charge in [0, 0.05) is 19.5 Å². The van der Waals surface area contributed by atoms with Crippen LogP contribution in [0.25, 0.3) is 0 Å². The van der Waals surface area contributed by atoms with Crippen molar-refractivity contribution < 1.29 is 9.53 Å². The predicted molar refractivity (Wildman–Crippen MR) is 83.2 cm³/mol. The number of carbonyl (C=O) groups is 1. The van der Waals surface area contributed by atoms with Gasteiger partial charge in [0.15, 0.2) is 5.82 Å². The van der Waals surface area contributed by atoms with Crippen molar-refractivity contribution in [1.82, 2.24) is 9.97 Å². The predicted octanol–water partition coefficient (Wildman–Crippen LogP) is 1.71. The Morgan fingerprint density at radius 1 is 1.45 bits per heavy atom. The summed E-state index contributed by atoms with van der Waals surface area (Å²) in [6.07, 6.45) is 6.16. The van der Waals surface area contributed by atoms with Crippen LogP contribution in [0.15, 0.2) is 6.20 Å². The molecule has 0 aromatic carbocycles. The second-order valence-electron chi connectivity index (χ2n) is 6.52. The number of fused-ring (bicyclic) bond motifs is 3. The van der Waals surface area contributed by atoms with Gasteiger partial charge in [0.05, 0.1) is 19.4 Å². The molecule has 1 amide bonds. The van der Waals surface area contributed by atoms with E-state index >= 15 is 0 Å². The highest BCUT2D eigenvalue weighted by Crippen LogP contribution is 2.43. The SMILES string of the molecule is CCC12COCCN1c1nc(C3CCC3)ncc1N(C)C2=O. The minimum Gasteiger partial charge on any atom is -0.377 e. The Morgan fingerprint density at radius 2 is 2.27 bits per heavy atom. The van der Waals surface area contributed by atoms with Crippen molar-refractivity contribution in [3.05, 3.63) is 12.0 Å². The molecule has 4 rings (SSSR count). The summed E-state index contributed by atoms with van der Waals surface area (Å²) in [7, 11) is 1.82. The molecule has 1 aromatic heterocycles. The van der Waals surface area contributed by atoms with Crippen molar-refractivity contribution in [2.24, 2.45) is 0 Å². The molecule has 1 aromatic rings. The molecule has 1 atom stereocenters. The Bertz CT molecular complexity index is 616. The van der Waals surface area contributed by atoms with Gasteiger partial charge < -0.3 is 14.5 Å². The van der Waals surface area contributed by atoms with Gasteiger partial charge in [-0.2, -0.15) is 0 Å². The Balaban J connectivity index is 1.83. The van der Waals surface area contributed by atoms with E-state index in [9.17, 15) is 4.79 Å². The average molecular weight is 302 g/mol. The highest BCUT2D eigenvalue weighted by molar-refractivity contribution is 6.07. The van der Waals surface area contributed by atoms with Gasteiger partial charge in [-0.3, -0.25) is 4.79 Å². The van der Waals surface area contributed by atoms with Crippen LogP contribution >= 0.6 is 0 Å². The lowest BCUT2D eigenvalue weighted by Gasteiger charge is -2.51. The molecule has 3 heterocycles. The first kappa shape index (κ1) is 13.9. The maximum atomic E-state index is 12.9. The van der Waals surface area contributed by atoms with Crippen LogP contribution in [0.1, 0.15) is 44.3 Å². The maximum absolute atomic E-state index is 12.9. The van der Waals surface area contributed by atoms with Crippen molar-refractivity contribution in [3.63, 3.8) is 0 Å².